The van der Waals surface area contributed by atoms with Crippen LogP contribution in [0.5, 0.6) is 0 Å². The van der Waals surface area contributed by atoms with E-state index in [0.29, 0.717) is 0 Å². The van der Waals surface area contributed by atoms with E-state index in [1.165, 1.54) is 55.3 Å². The van der Waals surface area contributed by atoms with E-state index in [4.69, 9.17) is 9.97 Å². The minimum Gasteiger partial charge on any atom is -0.298 e. The Bertz CT molecular complexity index is 1740. The molecule has 0 spiro atoms. The molecule has 3 heteroatoms. The number of fused-ring (bicyclic) bond motifs is 15. The zero-order valence-electron chi connectivity index (χ0n) is 16.8. The van der Waals surface area contributed by atoms with Crippen LogP contribution in [0.1, 0.15) is 22.3 Å². The molecule has 3 aromatic carbocycles. The summed E-state index contributed by atoms with van der Waals surface area (Å²) in [6.07, 6.45) is 7.87. The van der Waals surface area contributed by atoms with Crippen molar-refractivity contribution in [3.05, 3.63) is 102 Å². The Morgan fingerprint density at radius 3 is 2.06 bits per heavy atom. The van der Waals surface area contributed by atoms with E-state index in [1.54, 1.807) is 0 Å². The molecule has 0 N–H and O–H groups in total. The summed E-state index contributed by atoms with van der Waals surface area (Å²) in [5.74, 6) is 0. The van der Waals surface area contributed by atoms with Gasteiger partial charge in [-0.3, -0.25) is 9.38 Å². The van der Waals surface area contributed by atoms with Crippen molar-refractivity contribution in [1.82, 2.24) is 14.4 Å². The third-order valence-electron chi connectivity index (χ3n) is 7.17. The Balaban J connectivity index is 1.73. The van der Waals surface area contributed by atoms with E-state index in [0.717, 1.165) is 29.5 Å². The highest BCUT2D eigenvalue weighted by Gasteiger charge is 2.33. The van der Waals surface area contributed by atoms with Crippen molar-refractivity contribution >= 4 is 27.5 Å². The van der Waals surface area contributed by atoms with Crippen molar-refractivity contribution in [3.8, 4) is 22.3 Å². The van der Waals surface area contributed by atoms with Crippen LogP contribution in [-0.4, -0.2) is 14.4 Å². The van der Waals surface area contributed by atoms with Crippen LogP contribution in [-0.2, 0) is 12.8 Å². The van der Waals surface area contributed by atoms with Gasteiger partial charge in [-0.2, -0.15) is 0 Å². The van der Waals surface area contributed by atoms with Crippen LogP contribution in [0.15, 0.2) is 79.3 Å². The summed E-state index contributed by atoms with van der Waals surface area (Å²) in [5.41, 5.74) is 14.4. The average molecular weight is 395 g/mol. The topological polar surface area (TPSA) is 30.2 Å². The summed E-state index contributed by atoms with van der Waals surface area (Å²) < 4.78 is 2.21. The lowest BCUT2D eigenvalue weighted by Crippen LogP contribution is -1.99. The van der Waals surface area contributed by atoms with Gasteiger partial charge >= 0.3 is 0 Å². The first-order valence-corrected chi connectivity index (χ1v) is 10.8. The molecule has 31 heavy (non-hydrogen) atoms. The summed E-state index contributed by atoms with van der Waals surface area (Å²) in [7, 11) is 0. The van der Waals surface area contributed by atoms with Gasteiger partial charge in [0.05, 0.1) is 11.0 Å². The molecule has 0 fully saturated rings. The Labute approximate surface area is 178 Å². The molecule has 8 rings (SSSR count). The minimum absolute atomic E-state index is 0.991. The zero-order valence-corrected chi connectivity index (χ0v) is 16.8. The lowest BCUT2D eigenvalue weighted by Gasteiger charge is -2.17. The molecule has 144 valence electrons. The van der Waals surface area contributed by atoms with Crippen LogP contribution in [0.2, 0.25) is 0 Å². The van der Waals surface area contributed by atoms with Crippen LogP contribution in [0.3, 0.4) is 0 Å². The van der Waals surface area contributed by atoms with E-state index in [9.17, 15) is 0 Å². The third-order valence-corrected chi connectivity index (χ3v) is 7.17. The molecule has 6 aromatic rings. The monoisotopic (exact) mass is 395 g/mol. The van der Waals surface area contributed by atoms with Gasteiger partial charge in [-0.25, -0.2) is 4.98 Å². The molecular weight excluding hydrogens is 378 g/mol. The van der Waals surface area contributed by atoms with Gasteiger partial charge in [0.25, 0.3) is 0 Å². The molecule has 0 radical (unpaired) electrons. The molecule has 2 aliphatic rings. The number of hydrogen-bond donors (Lipinski definition) is 0. The number of imidazole rings is 1. The highest BCUT2D eigenvalue weighted by molar-refractivity contribution is 6.24. The maximum atomic E-state index is 4.92. The molecule has 0 saturated carbocycles. The highest BCUT2D eigenvalue weighted by atomic mass is 15.0. The van der Waals surface area contributed by atoms with Crippen molar-refractivity contribution in [3.63, 3.8) is 0 Å². The smallest absolute Gasteiger partial charge is 0.145 e. The van der Waals surface area contributed by atoms with Gasteiger partial charge in [0.15, 0.2) is 0 Å². The Hall–Kier alpha value is -3.98. The molecule has 0 amide bonds. The van der Waals surface area contributed by atoms with Gasteiger partial charge in [-0.1, -0.05) is 48.5 Å². The number of aromatic nitrogens is 3. The summed E-state index contributed by atoms with van der Waals surface area (Å²) in [6, 6.07) is 21.9. The molecule has 0 aliphatic heterocycles. The number of nitrogens with zero attached hydrogens (tertiary/aromatic N) is 3. The zero-order chi connectivity index (χ0) is 20.1. The normalized spacial score (nSPS) is 13.5. The second-order valence-electron chi connectivity index (χ2n) is 8.62. The van der Waals surface area contributed by atoms with Crippen molar-refractivity contribution < 1.29 is 0 Å². The van der Waals surface area contributed by atoms with Crippen molar-refractivity contribution in [1.29, 1.82) is 0 Å². The average Bonchev–Trinajstić information content (AvgIpc) is 3.53. The molecule has 0 atom stereocenters. The van der Waals surface area contributed by atoms with E-state index in [1.807, 2.05) is 18.5 Å². The van der Waals surface area contributed by atoms with Crippen molar-refractivity contribution in [2.75, 3.05) is 0 Å². The standard InChI is InChI=1S/C28H17N3/c1-3-8-18-16(6-1)14-20-21-15-17-7-2-4-9-19(17)24(21)26-25(23(18)20)27-22(10-5-11-29-27)31-13-12-30-28(26)31/h1-13H,14-15H2. The van der Waals surface area contributed by atoms with Gasteiger partial charge in [0.1, 0.15) is 5.65 Å². The lowest BCUT2D eigenvalue weighted by atomic mass is 9.89. The summed E-state index contributed by atoms with van der Waals surface area (Å²) in [5, 5.41) is 2.50. The first-order valence-electron chi connectivity index (χ1n) is 10.8. The first-order chi connectivity index (χ1) is 15.4. The Morgan fingerprint density at radius 1 is 0.645 bits per heavy atom. The van der Waals surface area contributed by atoms with E-state index in [2.05, 4.69) is 65.2 Å². The molecule has 0 bridgehead atoms. The SMILES string of the molecule is c1ccc2c(c1)Cc1c3c(c4c(c1-2)c1ncccc1n1ccnc41)-c1ccccc1C3. The number of rotatable bonds is 0. The van der Waals surface area contributed by atoms with Gasteiger partial charge < -0.3 is 0 Å². The number of benzene rings is 3. The first kappa shape index (κ1) is 15.8. The predicted molar refractivity (Wildman–Crippen MR) is 124 cm³/mol. The highest BCUT2D eigenvalue weighted by Crippen LogP contribution is 2.53. The van der Waals surface area contributed by atoms with Gasteiger partial charge in [0, 0.05) is 29.4 Å². The molecule has 3 heterocycles. The van der Waals surface area contributed by atoms with E-state index < -0.39 is 0 Å². The second kappa shape index (κ2) is 5.38. The fourth-order valence-electron chi connectivity index (χ4n) is 5.98. The van der Waals surface area contributed by atoms with Crippen LogP contribution in [0.25, 0.3) is 49.7 Å². The second-order valence-corrected chi connectivity index (χ2v) is 8.62. The van der Waals surface area contributed by atoms with E-state index >= 15 is 0 Å². The van der Waals surface area contributed by atoms with Crippen LogP contribution >= 0.6 is 0 Å². The summed E-state index contributed by atoms with van der Waals surface area (Å²) in [6.45, 7) is 0. The third kappa shape index (κ3) is 1.81. The largest absolute Gasteiger partial charge is 0.298 e. The summed E-state index contributed by atoms with van der Waals surface area (Å²) >= 11 is 0. The van der Waals surface area contributed by atoms with Crippen molar-refractivity contribution in [2.45, 2.75) is 12.8 Å². The maximum absolute atomic E-state index is 4.92. The molecule has 0 saturated heterocycles. The van der Waals surface area contributed by atoms with Gasteiger partial charge in [0.2, 0.25) is 0 Å². The lowest BCUT2D eigenvalue weighted by molar-refractivity contribution is 1.17. The van der Waals surface area contributed by atoms with Crippen LogP contribution in [0, 0.1) is 0 Å². The van der Waals surface area contributed by atoms with Crippen molar-refractivity contribution in [2.24, 2.45) is 0 Å². The minimum atomic E-state index is 0.991. The van der Waals surface area contributed by atoms with Crippen LogP contribution < -0.4 is 0 Å². The quantitative estimate of drug-likeness (QED) is 0.287. The van der Waals surface area contributed by atoms with Gasteiger partial charge in [-0.15, -0.1) is 0 Å². The molecular formula is C28H17N3. The van der Waals surface area contributed by atoms with E-state index in [-0.39, 0.29) is 0 Å². The fourth-order valence-corrected chi connectivity index (χ4v) is 5.98. The summed E-state index contributed by atoms with van der Waals surface area (Å²) in [4.78, 5) is 9.79. The van der Waals surface area contributed by atoms with Gasteiger partial charge in [-0.05, 0) is 69.5 Å². The molecule has 0 unspecified atom stereocenters. The predicted octanol–water partition coefficient (Wildman–Crippen LogP) is 6.18. The fraction of sp³-hybridized carbons (Fsp3) is 0.0714. The van der Waals surface area contributed by atoms with Crippen LogP contribution in [0.4, 0.5) is 0 Å². The number of pyridine rings is 2. The Kier molecular flexibility index (Phi) is 2.74. The molecule has 3 nitrogen and oxygen atoms in total. The Morgan fingerprint density at radius 2 is 1.32 bits per heavy atom. The molecule has 2 aliphatic carbocycles. The number of hydrogen-bond acceptors (Lipinski definition) is 2. The molecule has 3 aromatic heterocycles. The maximum Gasteiger partial charge on any atom is 0.145 e.